The quantitative estimate of drug-likeness (QED) is 0.216. The lowest BCUT2D eigenvalue weighted by molar-refractivity contribution is -0.134. The van der Waals surface area contributed by atoms with Gasteiger partial charge in [0.1, 0.15) is 11.5 Å². The Labute approximate surface area is 235 Å². The smallest absolute Gasteiger partial charge is 0.260 e. The number of carbonyl (C=O) groups excluding carboxylic acids is 2. The Bertz CT molecular complexity index is 1750. The number of aromatic hydroxyl groups is 1. The van der Waals surface area contributed by atoms with E-state index in [-0.39, 0.29) is 28.8 Å². The summed E-state index contributed by atoms with van der Waals surface area (Å²) < 4.78 is 5.90. The number of nitrogens with one attached hydrogen (secondary N) is 2. The van der Waals surface area contributed by atoms with Crippen LogP contribution in [-0.4, -0.2) is 46.2 Å². The van der Waals surface area contributed by atoms with Crippen molar-refractivity contribution in [2.45, 2.75) is 13.0 Å². The summed E-state index contributed by atoms with van der Waals surface area (Å²) in [5.74, 6) is 0.0287. The number of benzene rings is 4. The largest absolute Gasteiger partial charge is 0.506 e. The van der Waals surface area contributed by atoms with Crippen LogP contribution in [0.1, 0.15) is 27.2 Å². The summed E-state index contributed by atoms with van der Waals surface area (Å²) in [7, 11) is 0. The van der Waals surface area contributed by atoms with Crippen LogP contribution in [0.4, 0.5) is 0 Å². The molecule has 1 aliphatic heterocycles. The summed E-state index contributed by atoms with van der Waals surface area (Å²) in [4.78, 5) is 28.7. The van der Waals surface area contributed by atoms with Gasteiger partial charge in [0.25, 0.3) is 5.91 Å². The number of ether oxygens (including phenoxy) is 1. The highest BCUT2D eigenvalue weighted by molar-refractivity contribution is 6.32. The number of hydrogen-bond donors (Lipinski definition) is 4. The molecule has 0 aliphatic carbocycles. The van der Waals surface area contributed by atoms with E-state index < -0.39 is 5.91 Å². The molecule has 0 bridgehead atoms. The zero-order valence-electron chi connectivity index (χ0n) is 21.5. The number of hydrogen-bond acceptors (Lipinski definition) is 5. The number of aromatic nitrogens is 1. The number of rotatable bonds is 5. The third-order valence-electron chi connectivity index (χ3n) is 6.89. The molecule has 0 saturated heterocycles. The number of phenols is 1. The summed E-state index contributed by atoms with van der Waals surface area (Å²) >= 11 is 5.50. The van der Waals surface area contributed by atoms with Crippen LogP contribution in [-0.2, 0) is 17.8 Å². The van der Waals surface area contributed by atoms with Crippen LogP contribution in [0, 0.1) is 5.41 Å². The van der Waals surface area contributed by atoms with Crippen molar-refractivity contribution in [1.82, 2.24) is 9.88 Å². The van der Waals surface area contributed by atoms with Crippen molar-refractivity contribution in [3.05, 3.63) is 106 Å². The Morgan fingerprint density at radius 3 is 2.48 bits per heavy atom. The minimum absolute atomic E-state index is 0.00346. The molecule has 0 fully saturated rings. The number of nitrogens with two attached hydrogens (primary N) is 1. The zero-order chi connectivity index (χ0) is 28.2. The maximum absolute atomic E-state index is 12.8. The highest BCUT2D eigenvalue weighted by atomic mass is 35.5. The van der Waals surface area contributed by atoms with Gasteiger partial charge in [0, 0.05) is 45.9 Å². The molecule has 40 heavy (non-hydrogen) atoms. The van der Waals surface area contributed by atoms with Gasteiger partial charge in [0.2, 0.25) is 5.91 Å². The molecular weight excluding hydrogens is 528 g/mol. The van der Waals surface area contributed by atoms with E-state index in [9.17, 15) is 9.59 Å². The van der Waals surface area contributed by atoms with Crippen molar-refractivity contribution in [3.8, 4) is 11.5 Å². The summed E-state index contributed by atoms with van der Waals surface area (Å²) in [5, 5.41) is 19.8. The number of aromatic amines is 1. The van der Waals surface area contributed by atoms with E-state index in [1.54, 1.807) is 0 Å². The second kappa shape index (κ2) is 11.5. The highest BCUT2D eigenvalue weighted by Crippen LogP contribution is 2.29. The topological polar surface area (TPSA) is 132 Å². The summed E-state index contributed by atoms with van der Waals surface area (Å²) in [5.41, 5.74) is 9.63. The lowest BCUT2D eigenvalue weighted by Gasteiger charge is -2.27. The van der Waals surface area contributed by atoms with E-state index in [0.29, 0.717) is 18.8 Å². The number of H-pyrrole nitrogens is 1. The fraction of sp³-hybridized carbons (Fsp3) is 0.129. The molecular formula is C31H27ClN4O4. The van der Waals surface area contributed by atoms with Crippen molar-refractivity contribution in [2.24, 2.45) is 5.73 Å². The van der Waals surface area contributed by atoms with Gasteiger partial charge in [0.15, 0.2) is 6.61 Å². The Kier molecular flexibility index (Phi) is 7.70. The summed E-state index contributed by atoms with van der Waals surface area (Å²) in [6.07, 6.45) is 2.19. The molecule has 1 aliphatic rings. The van der Waals surface area contributed by atoms with Gasteiger partial charge in [0.05, 0.1) is 11.6 Å². The van der Waals surface area contributed by atoms with E-state index in [4.69, 9.17) is 32.6 Å². The lowest BCUT2D eigenvalue weighted by atomic mass is 10.0. The SMILES string of the molecule is N=Cc1ccc(OCC(=O)N2CCc3c([nH]c4ccccc34)C2)c2ccccc12.NC(=O)c1ccc(O)c(Cl)c1. The second-order valence-electron chi connectivity index (χ2n) is 9.35. The Balaban J connectivity index is 0.000000248. The van der Waals surface area contributed by atoms with Gasteiger partial charge in [-0.05, 0) is 53.8 Å². The Morgan fingerprint density at radius 2 is 1.75 bits per heavy atom. The fourth-order valence-electron chi connectivity index (χ4n) is 4.84. The maximum atomic E-state index is 12.8. The van der Waals surface area contributed by atoms with Crippen LogP contribution in [0.15, 0.2) is 78.9 Å². The van der Waals surface area contributed by atoms with Crippen LogP contribution in [0.5, 0.6) is 11.5 Å². The molecule has 1 aromatic heterocycles. The maximum Gasteiger partial charge on any atom is 0.260 e. The predicted octanol–water partition coefficient (Wildman–Crippen LogP) is 5.43. The number of halogens is 1. The molecule has 0 spiro atoms. The molecule has 0 atom stereocenters. The minimum atomic E-state index is -0.563. The molecule has 9 heteroatoms. The number of fused-ring (bicyclic) bond motifs is 4. The van der Waals surface area contributed by atoms with Crippen LogP contribution < -0.4 is 10.5 Å². The van der Waals surface area contributed by atoms with Crippen molar-refractivity contribution in [3.63, 3.8) is 0 Å². The van der Waals surface area contributed by atoms with Gasteiger partial charge in [-0.15, -0.1) is 0 Å². The normalized spacial score (nSPS) is 12.4. The number of phenolic OH excluding ortho intramolecular Hbond substituents is 1. The third-order valence-corrected chi connectivity index (χ3v) is 7.19. The zero-order valence-corrected chi connectivity index (χ0v) is 22.2. The molecule has 0 unspecified atom stereocenters. The average molecular weight is 555 g/mol. The first-order valence-corrected chi connectivity index (χ1v) is 13.0. The second-order valence-corrected chi connectivity index (χ2v) is 9.76. The van der Waals surface area contributed by atoms with E-state index in [1.165, 1.54) is 35.4 Å². The average Bonchev–Trinajstić information content (AvgIpc) is 3.35. The molecule has 5 N–H and O–H groups in total. The third kappa shape index (κ3) is 5.48. The molecule has 0 radical (unpaired) electrons. The standard InChI is InChI=1S/C24H21N3O2.C7H6ClNO2/c25-13-16-9-10-23(20-7-2-1-5-17(16)20)29-15-24(28)27-12-11-19-18-6-3-4-8-21(18)26-22(19)14-27;8-5-3-4(7(9)11)1-2-6(5)10/h1-10,13,25-26H,11-12,14-15H2;1-3,10H,(H2,9,11). The highest BCUT2D eigenvalue weighted by Gasteiger charge is 2.24. The van der Waals surface area contributed by atoms with Crippen LogP contribution in [0.2, 0.25) is 5.02 Å². The molecule has 202 valence electrons. The van der Waals surface area contributed by atoms with Crippen molar-refractivity contribution >= 4 is 51.3 Å². The first-order valence-electron chi connectivity index (χ1n) is 12.6. The van der Waals surface area contributed by atoms with Gasteiger partial charge in [-0.3, -0.25) is 9.59 Å². The van der Waals surface area contributed by atoms with Crippen LogP contribution in [0.25, 0.3) is 21.7 Å². The first-order chi connectivity index (χ1) is 19.4. The lowest BCUT2D eigenvalue weighted by Crippen LogP contribution is -2.38. The summed E-state index contributed by atoms with van der Waals surface area (Å²) in [6.45, 7) is 1.29. The van der Waals surface area contributed by atoms with E-state index in [0.717, 1.165) is 34.0 Å². The fourth-order valence-corrected chi connectivity index (χ4v) is 5.02. The van der Waals surface area contributed by atoms with Gasteiger partial charge in [-0.2, -0.15) is 0 Å². The van der Waals surface area contributed by atoms with Crippen molar-refractivity contribution < 1.29 is 19.4 Å². The Morgan fingerprint density at radius 1 is 1.02 bits per heavy atom. The van der Waals surface area contributed by atoms with E-state index in [1.807, 2.05) is 47.4 Å². The number of amides is 2. The van der Waals surface area contributed by atoms with Crippen molar-refractivity contribution in [1.29, 1.82) is 5.41 Å². The van der Waals surface area contributed by atoms with E-state index in [2.05, 4.69) is 23.2 Å². The molecule has 0 saturated carbocycles. The summed E-state index contributed by atoms with van der Waals surface area (Å²) in [6, 6.07) is 23.8. The van der Waals surface area contributed by atoms with Crippen LogP contribution >= 0.6 is 11.6 Å². The van der Waals surface area contributed by atoms with Gasteiger partial charge >= 0.3 is 0 Å². The van der Waals surface area contributed by atoms with Gasteiger partial charge in [-0.25, -0.2) is 0 Å². The van der Waals surface area contributed by atoms with Crippen molar-refractivity contribution in [2.75, 3.05) is 13.2 Å². The van der Waals surface area contributed by atoms with Gasteiger partial charge in [-0.1, -0.05) is 54.1 Å². The molecule has 4 aromatic carbocycles. The minimum Gasteiger partial charge on any atom is -0.506 e. The monoisotopic (exact) mass is 554 g/mol. The van der Waals surface area contributed by atoms with E-state index >= 15 is 0 Å². The number of carbonyl (C=O) groups is 2. The number of primary amides is 1. The number of para-hydroxylation sites is 1. The Hall–Kier alpha value is -4.82. The number of nitrogens with zero attached hydrogens (tertiary/aromatic N) is 1. The molecule has 8 nitrogen and oxygen atoms in total. The molecule has 6 rings (SSSR count). The first kappa shape index (κ1) is 26.8. The molecule has 2 amide bonds. The van der Waals surface area contributed by atoms with Gasteiger partial charge < -0.3 is 30.9 Å². The molecule has 2 heterocycles. The van der Waals surface area contributed by atoms with Crippen LogP contribution in [0.3, 0.4) is 0 Å². The predicted molar refractivity (Wildman–Crippen MR) is 156 cm³/mol. The molecule has 5 aromatic rings.